The number of hydrogen-bond donors (Lipinski definition) is 0. The molecular weight excluding hydrogens is 312 g/mol. The van der Waals surface area contributed by atoms with Gasteiger partial charge in [-0.05, 0) is 58.6 Å². The fraction of sp³-hybridized carbons (Fsp3) is 0.412. The largest absolute Gasteiger partial charge is 0.309 e. The van der Waals surface area contributed by atoms with Gasteiger partial charge in [-0.15, -0.1) is 0 Å². The van der Waals surface area contributed by atoms with Crippen LogP contribution >= 0.6 is 0 Å². The molecule has 7 heteroatoms. The highest BCUT2D eigenvalue weighted by atomic mass is 19.1. The van der Waals surface area contributed by atoms with E-state index in [1.165, 1.54) is 12.1 Å². The van der Waals surface area contributed by atoms with Crippen molar-refractivity contribution >= 4 is 17.4 Å². The number of guanidine groups is 1. The summed E-state index contributed by atoms with van der Waals surface area (Å²) < 4.78 is 27.4. The standard InChI is InChI=1S/C17H21F2N5/c1-12-6-8-23-17(20-12)21-16(5-4-7-22(2)3)24(23)15-10-13(18)9-14(19)11-15/h6,8-11,16H,4-5,7H2,1-3H3. The molecule has 0 aromatic heterocycles. The quantitative estimate of drug-likeness (QED) is 0.831. The predicted molar refractivity (Wildman–Crippen MR) is 91.9 cm³/mol. The minimum absolute atomic E-state index is 0.236. The normalized spacial score (nSPS) is 19.7. The summed E-state index contributed by atoms with van der Waals surface area (Å²) in [6.45, 7) is 2.81. The molecule has 2 heterocycles. The zero-order valence-electron chi connectivity index (χ0n) is 14.1. The monoisotopic (exact) mass is 333 g/mol. The number of aliphatic imine (C=N–C) groups is 2. The average Bonchev–Trinajstić information content (AvgIpc) is 2.83. The lowest BCUT2D eigenvalue weighted by Crippen LogP contribution is -2.43. The van der Waals surface area contributed by atoms with E-state index < -0.39 is 11.6 Å². The van der Waals surface area contributed by atoms with Crippen LogP contribution < -0.4 is 5.01 Å². The van der Waals surface area contributed by atoms with E-state index in [0.29, 0.717) is 11.6 Å². The van der Waals surface area contributed by atoms with Gasteiger partial charge in [0.25, 0.3) is 0 Å². The van der Waals surface area contributed by atoms with E-state index in [4.69, 9.17) is 0 Å². The molecule has 0 bridgehead atoms. The lowest BCUT2D eigenvalue weighted by atomic mass is 10.2. The van der Waals surface area contributed by atoms with Crippen LogP contribution in [0, 0.1) is 11.6 Å². The third-order valence-corrected chi connectivity index (χ3v) is 3.90. The first kappa shape index (κ1) is 16.6. The Morgan fingerprint density at radius 2 is 1.88 bits per heavy atom. The van der Waals surface area contributed by atoms with Gasteiger partial charge in [-0.3, -0.25) is 5.01 Å². The Morgan fingerprint density at radius 3 is 2.54 bits per heavy atom. The Morgan fingerprint density at radius 1 is 1.17 bits per heavy atom. The van der Waals surface area contributed by atoms with Crippen molar-refractivity contribution in [2.75, 3.05) is 25.6 Å². The number of benzene rings is 1. The molecule has 0 N–H and O–H groups in total. The first-order valence-electron chi connectivity index (χ1n) is 7.94. The lowest BCUT2D eigenvalue weighted by molar-refractivity contribution is 0.371. The summed E-state index contributed by atoms with van der Waals surface area (Å²) >= 11 is 0. The number of halogens is 2. The number of allylic oxidation sites excluding steroid dienone is 1. The van der Waals surface area contributed by atoms with Gasteiger partial charge in [-0.2, -0.15) is 0 Å². The number of hydrazine groups is 1. The van der Waals surface area contributed by atoms with Crippen molar-refractivity contribution in [1.29, 1.82) is 0 Å². The van der Waals surface area contributed by atoms with Crippen molar-refractivity contribution in [1.82, 2.24) is 9.91 Å². The highest BCUT2D eigenvalue weighted by molar-refractivity contribution is 6.05. The van der Waals surface area contributed by atoms with Gasteiger partial charge < -0.3 is 4.90 Å². The maximum absolute atomic E-state index is 13.7. The van der Waals surface area contributed by atoms with Crippen molar-refractivity contribution in [2.45, 2.75) is 25.9 Å². The second kappa shape index (κ2) is 6.68. The van der Waals surface area contributed by atoms with Crippen LogP contribution in [0.1, 0.15) is 19.8 Å². The molecule has 0 saturated heterocycles. The number of fused-ring (bicyclic) bond motifs is 1. The van der Waals surface area contributed by atoms with Crippen LogP contribution in [0.25, 0.3) is 0 Å². The van der Waals surface area contributed by atoms with Gasteiger partial charge in [0, 0.05) is 18.0 Å². The molecule has 0 saturated carbocycles. The molecule has 0 aliphatic carbocycles. The van der Waals surface area contributed by atoms with E-state index in [1.54, 1.807) is 10.0 Å². The molecule has 3 rings (SSSR count). The Balaban J connectivity index is 1.89. The molecule has 0 spiro atoms. The van der Waals surface area contributed by atoms with Gasteiger partial charge in [-0.1, -0.05) is 0 Å². The molecule has 0 amide bonds. The molecule has 0 radical (unpaired) electrons. The molecule has 24 heavy (non-hydrogen) atoms. The Kier molecular flexibility index (Phi) is 4.62. The number of hydrogen-bond acceptors (Lipinski definition) is 5. The van der Waals surface area contributed by atoms with Crippen molar-refractivity contribution in [2.24, 2.45) is 9.98 Å². The van der Waals surface area contributed by atoms with Crippen LogP contribution in [0.2, 0.25) is 0 Å². The highest BCUT2D eigenvalue weighted by Crippen LogP contribution is 2.30. The second-order valence-electron chi connectivity index (χ2n) is 6.24. The third-order valence-electron chi connectivity index (χ3n) is 3.90. The zero-order chi connectivity index (χ0) is 17.3. The van der Waals surface area contributed by atoms with Gasteiger partial charge in [0.05, 0.1) is 5.69 Å². The SMILES string of the molecule is CC1=NC2=NC(CCCN(C)C)N(c3cc(F)cc(F)c3)N2C=C1. The zero-order valence-corrected chi connectivity index (χ0v) is 14.1. The smallest absolute Gasteiger partial charge is 0.246 e. The summed E-state index contributed by atoms with van der Waals surface area (Å²) in [6.07, 6.45) is 5.13. The van der Waals surface area contributed by atoms with Gasteiger partial charge in [0.2, 0.25) is 5.96 Å². The van der Waals surface area contributed by atoms with E-state index in [2.05, 4.69) is 14.9 Å². The summed E-state index contributed by atoms with van der Waals surface area (Å²) in [7, 11) is 4.03. The molecular formula is C17H21F2N5. The van der Waals surface area contributed by atoms with Crippen molar-refractivity contribution in [3.8, 4) is 0 Å². The predicted octanol–water partition coefficient (Wildman–Crippen LogP) is 3.01. The number of nitrogens with zero attached hydrogens (tertiary/aromatic N) is 5. The fourth-order valence-corrected chi connectivity index (χ4v) is 2.82. The molecule has 1 unspecified atom stereocenters. The van der Waals surface area contributed by atoms with Crippen molar-refractivity contribution in [3.63, 3.8) is 0 Å². The molecule has 5 nitrogen and oxygen atoms in total. The van der Waals surface area contributed by atoms with Crippen LogP contribution in [-0.4, -0.2) is 48.4 Å². The van der Waals surface area contributed by atoms with Crippen molar-refractivity contribution in [3.05, 3.63) is 42.1 Å². The minimum atomic E-state index is -0.605. The van der Waals surface area contributed by atoms with Gasteiger partial charge in [0.15, 0.2) is 0 Å². The molecule has 0 fully saturated rings. The summed E-state index contributed by atoms with van der Waals surface area (Å²) in [4.78, 5) is 11.2. The summed E-state index contributed by atoms with van der Waals surface area (Å²) in [5.74, 6) is -0.660. The topological polar surface area (TPSA) is 34.4 Å². The third kappa shape index (κ3) is 3.46. The number of rotatable bonds is 5. The molecule has 128 valence electrons. The highest BCUT2D eigenvalue weighted by Gasteiger charge is 2.34. The minimum Gasteiger partial charge on any atom is -0.309 e. The Labute approximate surface area is 140 Å². The second-order valence-corrected chi connectivity index (χ2v) is 6.24. The van der Waals surface area contributed by atoms with Gasteiger partial charge in [0.1, 0.15) is 17.8 Å². The van der Waals surface area contributed by atoms with Crippen LogP contribution in [0.15, 0.2) is 40.5 Å². The Bertz CT molecular complexity index is 691. The van der Waals surface area contributed by atoms with E-state index >= 15 is 0 Å². The first-order chi connectivity index (χ1) is 11.4. The van der Waals surface area contributed by atoms with Crippen molar-refractivity contribution < 1.29 is 8.78 Å². The summed E-state index contributed by atoms with van der Waals surface area (Å²) in [5.41, 5.74) is 1.28. The van der Waals surface area contributed by atoms with Crippen LogP contribution in [0.5, 0.6) is 0 Å². The van der Waals surface area contributed by atoms with Gasteiger partial charge >= 0.3 is 0 Å². The molecule has 1 aromatic rings. The average molecular weight is 333 g/mol. The van der Waals surface area contributed by atoms with Crippen LogP contribution in [0.3, 0.4) is 0 Å². The summed E-state index contributed by atoms with van der Waals surface area (Å²) in [6, 6.07) is 3.51. The molecule has 1 aromatic carbocycles. The van der Waals surface area contributed by atoms with E-state index in [-0.39, 0.29) is 6.17 Å². The van der Waals surface area contributed by atoms with E-state index in [1.807, 2.05) is 33.3 Å². The maximum Gasteiger partial charge on any atom is 0.246 e. The fourth-order valence-electron chi connectivity index (χ4n) is 2.82. The van der Waals surface area contributed by atoms with Crippen LogP contribution in [0.4, 0.5) is 14.5 Å². The van der Waals surface area contributed by atoms with Gasteiger partial charge in [-0.25, -0.2) is 23.8 Å². The molecule has 2 aliphatic rings. The molecule has 1 atom stereocenters. The van der Waals surface area contributed by atoms with E-state index in [0.717, 1.165) is 31.2 Å². The lowest BCUT2D eigenvalue weighted by Gasteiger charge is -2.33. The molecule has 2 aliphatic heterocycles. The summed E-state index contributed by atoms with van der Waals surface area (Å²) in [5, 5.41) is 3.55. The first-order valence-corrected chi connectivity index (χ1v) is 7.94. The number of anilines is 1. The maximum atomic E-state index is 13.7. The Hall–Kier alpha value is -2.28. The van der Waals surface area contributed by atoms with Crippen LogP contribution in [-0.2, 0) is 0 Å². The van der Waals surface area contributed by atoms with E-state index in [9.17, 15) is 8.78 Å².